The number of benzene rings is 2. The zero-order valence-electron chi connectivity index (χ0n) is 11.1. The number of methoxy groups -OCH3 is 1. The third kappa shape index (κ3) is 3.66. The number of nitrogens with two attached hydrogens (primary N) is 2. The van der Waals surface area contributed by atoms with Crippen LogP contribution in [0.1, 0.15) is 0 Å². The molecule has 0 amide bonds. The molecule has 0 heterocycles. The molecule has 0 unspecified atom stereocenters. The minimum atomic E-state index is -3.83. The molecule has 112 valence electrons. The van der Waals surface area contributed by atoms with E-state index in [-0.39, 0.29) is 10.6 Å². The number of sulfonamides is 1. The molecule has 2 aromatic rings. The van der Waals surface area contributed by atoms with Gasteiger partial charge in [0.2, 0.25) is 10.0 Å². The Morgan fingerprint density at radius 3 is 2.48 bits per heavy atom. The Bertz CT molecular complexity index is 778. The number of hydrogen-bond donors (Lipinski definition) is 3. The van der Waals surface area contributed by atoms with Crippen LogP contribution in [0.2, 0.25) is 0 Å². The summed E-state index contributed by atoms with van der Waals surface area (Å²) >= 11 is 3.37. The molecule has 8 heteroatoms. The van der Waals surface area contributed by atoms with Gasteiger partial charge in [-0.2, -0.15) is 0 Å². The molecule has 0 atom stereocenters. The first kappa shape index (κ1) is 15.6. The van der Waals surface area contributed by atoms with E-state index in [0.717, 1.165) is 10.2 Å². The van der Waals surface area contributed by atoms with Gasteiger partial charge in [0, 0.05) is 10.2 Å². The molecule has 0 aliphatic carbocycles. The van der Waals surface area contributed by atoms with Gasteiger partial charge in [-0.1, -0.05) is 15.9 Å². The molecule has 0 saturated heterocycles. The van der Waals surface area contributed by atoms with Crippen molar-refractivity contribution < 1.29 is 13.2 Å². The summed E-state index contributed by atoms with van der Waals surface area (Å²) in [5.74, 6) is 0.646. The lowest BCUT2D eigenvalue weighted by molar-refractivity contribution is 0.417. The number of anilines is 3. The molecule has 6 nitrogen and oxygen atoms in total. The van der Waals surface area contributed by atoms with Gasteiger partial charge in [0.15, 0.2) is 0 Å². The zero-order valence-corrected chi connectivity index (χ0v) is 13.5. The van der Waals surface area contributed by atoms with Crippen molar-refractivity contribution in [3.05, 3.63) is 40.9 Å². The monoisotopic (exact) mass is 371 g/mol. The Balaban J connectivity index is 2.37. The summed E-state index contributed by atoms with van der Waals surface area (Å²) < 4.78 is 28.8. The van der Waals surface area contributed by atoms with Gasteiger partial charge in [-0.25, -0.2) is 13.6 Å². The lowest BCUT2D eigenvalue weighted by atomic mass is 10.2. The van der Waals surface area contributed by atoms with E-state index in [0.29, 0.717) is 11.4 Å². The first-order valence-corrected chi connectivity index (χ1v) is 8.18. The summed E-state index contributed by atoms with van der Waals surface area (Å²) in [7, 11) is -2.27. The van der Waals surface area contributed by atoms with Gasteiger partial charge in [0.25, 0.3) is 0 Å². The highest BCUT2D eigenvalue weighted by molar-refractivity contribution is 9.10. The first-order valence-electron chi connectivity index (χ1n) is 5.84. The van der Waals surface area contributed by atoms with Gasteiger partial charge in [-0.05, 0) is 36.4 Å². The van der Waals surface area contributed by atoms with Crippen molar-refractivity contribution >= 4 is 43.0 Å². The molecule has 0 aliphatic heterocycles. The fraction of sp³-hybridized carbons (Fsp3) is 0.0769. The van der Waals surface area contributed by atoms with E-state index in [9.17, 15) is 8.42 Å². The van der Waals surface area contributed by atoms with Gasteiger partial charge >= 0.3 is 0 Å². The van der Waals surface area contributed by atoms with Gasteiger partial charge < -0.3 is 15.8 Å². The van der Waals surface area contributed by atoms with E-state index in [2.05, 4.69) is 21.2 Å². The molecule has 0 fully saturated rings. The van der Waals surface area contributed by atoms with E-state index in [4.69, 9.17) is 15.6 Å². The summed E-state index contributed by atoms with van der Waals surface area (Å²) in [6.45, 7) is 0. The lowest BCUT2D eigenvalue weighted by Gasteiger charge is -2.13. The smallest absolute Gasteiger partial charge is 0.240 e. The van der Waals surface area contributed by atoms with Crippen molar-refractivity contribution in [3.8, 4) is 5.75 Å². The summed E-state index contributed by atoms with van der Waals surface area (Å²) in [5, 5.41) is 8.18. The van der Waals surface area contributed by atoms with E-state index in [1.807, 2.05) is 12.1 Å². The molecule has 0 spiro atoms. The topological polar surface area (TPSA) is 107 Å². The number of nitrogen functional groups attached to an aromatic ring is 1. The average molecular weight is 372 g/mol. The van der Waals surface area contributed by atoms with Crippen LogP contribution in [0.5, 0.6) is 5.75 Å². The molecule has 2 aromatic carbocycles. The Labute approximate surface area is 131 Å². The van der Waals surface area contributed by atoms with Gasteiger partial charge in [-0.3, -0.25) is 0 Å². The second-order valence-corrected chi connectivity index (χ2v) is 6.71. The molecule has 5 N–H and O–H groups in total. The third-order valence-corrected chi connectivity index (χ3v) is 4.23. The third-order valence-electron chi connectivity index (χ3n) is 2.76. The van der Waals surface area contributed by atoms with Crippen molar-refractivity contribution in [1.29, 1.82) is 0 Å². The fourth-order valence-corrected chi connectivity index (χ4v) is 2.82. The SMILES string of the molecule is COc1ccc(Br)cc1Nc1ccc(S(N)(=O)=O)c(N)c1. The average Bonchev–Trinajstić information content (AvgIpc) is 2.37. The second-order valence-electron chi connectivity index (χ2n) is 4.27. The molecular formula is C13H14BrN3O3S. The summed E-state index contributed by atoms with van der Waals surface area (Å²) in [5.41, 5.74) is 7.14. The Hall–Kier alpha value is -1.77. The van der Waals surface area contributed by atoms with E-state index < -0.39 is 10.0 Å². The maximum absolute atomic E-state index is 11.3. The summed E-state index contributed by atoms with van der Waals surface area (Å²) in [4.78, 5) is -0.103. The van der Waals surface area contributed by atoms with Crippen LogP contribution in [-0.4, -0.2) is 15.5 Å². The van der Waals surface area contributed by atoms with Crippen LogP contribution in [0.25, 0.3) is 0 Å². The number of nitrogens with one attached hydrogen (secondary N) is 1. The second kappa shape index (κ2) is 5.92. The molecule has 0 saturated carbocycles. The van der Waals surface area contributed by atoms with Crippen molar-refractivity contribution in [2.75, 3.05) is 18.2 Å². The van der Waals surface area contributed by atoms with Crippen LogP contribution in [0.3, 0.4) is 0 Å². The van der Waals surface area contributed by atoms with Crippen molar-refractivity contribution in [2.24, 2.45) is 5.14 Å². The maximum atomic E-state index is 11.3. The number of ether oxygens (including phenoxy) is 1. The quantitative estimate of drug-likeness (QED) is 0.715. The Morgan fingerprint density at radius 2 is 1.90 bits per heavy atom. The minimum Gasteiger partial charge on any atom is -0.495 e. The molecule has 0 radical (unpaired) electrons. The highest BCUT2D eigenvalue weighted by Gasteiger charge is 2.13. The standard InChI is InChI=1S/C13H14BrN3O3S/c1-20-12-4-2-8(14)6-11(12)17-9-3-5-13(10(15)7-9)21(16,18)19/h2-7,17H,15H2,1H3,(H2,16,18,19). The first-order chi connectivity index (χ1) is 9.81. The fourth-order valence-electron chi connectivity index (χ4n) is 1.82. The highest BCUT2D eigenvalue weighted by Crippen LogP contribution is 2.32. The number of primary sulfonamides is 1. The van der Waals surface area contributed by atoms with Crippen LogP contribution in [0, 0.1) is 0 Å². The van der Waals surface area contributed by atoms with Crippen molar-refractivity contribution in [1.82, 2.24) is 0 Å². The largest absolute Gasteiger partial charge is 0.495 e. The summed E-state index contributed by atoms with van der Waals surface area (Å²) in [6.07, 6.45) is 0. The zero-order chi connectivity index (χ0) is 15.6. The molecule has 0 bridgehead atoms. The maximum Gasteiger partial charge on any atom is 0.240 e. The molecular weight excluding hydrogens is 358 g/mol. The van der Waals surface area contributed by atoms with Crippen LogP contribution in [0.4, 0.5) is 17.1 Å². The molecule has 21 heavy (non-hydrogen) atoms. The molecule has 0 aliphatic rings. The number of hydrogen-bond acceptors (Lipinski definition) is 5. The predicted octanol–water partition coefficient (Wildman–Crippen LogP) is 2.43. The van der Waals surface area contributed by atoms with E-state index in [1.54, 1.807) is 19.2 Å². The Morgan fingerprint density at radius 1 is 1.19 bits per heavy atom. The van der Waals surface area contributed by atoms with Crippen LogP contribution in [0.15, 0.2) is 45.8 Å². The molecule has 0 aromatic heterocycles. The lowest BCUT2D eigenvalue weighted by Crippen LogP contribution is -2.14. The van der Waals surface area contributed by atoms with Gasteiger partial charge in [0.05, 0.1) is 18.5 Å². The Kier molecular flexibility index (Phi) is 4.40. The van der Waals surface area contributed by atoms with E-state index in [1.165, 1.54) is 12.1 Å². The van der Waals surface area contributed by atoms with Gasteiger partial charge in [0.1, 0.15) is 10.6 Å². The van der Waals surface area contributed by atoms with Gasteiger partial charge in [-0.15, -0.1) is 0 Å². The normalized spacial score (nSPS) is 11.2. The van der Waals surface area contributed by atoms with Crippen LogP contribution < -0.4 is 20.9 Å². The number of halogens is 1. The van der Waals surface area contributed by atoms with Crippen molar-refractivity contribution in [2.45, 2.75) is 4.90 Å². The molecule has 2 rings (SSSR count). The predicted molar refractivity (Wildman–Crippen MR) is 86.2 cm³/mol. The van der Waals surface area contributed by atoms with Crippen LogP contribution in [-0.2, 0) is 10.0 Å². The van der Waals surface area contributed by atoms with Crippen LogP contribution >= 0.6 is 15.9 Å². The summed E-state index contributed by atoms with van der Waals surface area (Å²) in [6, 6.07) is 9.92. The van der Waals surface area contributed by atoms with Crippen molar-refractivity contribution in [3.63, 3.8) is 0 Å². The highest BCUT2D eigenvalue weighted by atomic mass is 79.9. The minimum absolute atomic E-state index is 0.0801. The number of rotatable bonds is 4. The van der Waals surface area contributed by atoms with E-state index >= 15 is 0 Å².